The molecule has 0 spiro atoms. The third kappa shape index (κ3) is 4.06. The van der Waals surface area contributed by atoms with Gasteiger partial charge in [0.25, 0.3) is 0 Å². The fourth-order valence-electron chi connectivity index (χ4n) is 1.65. The average Bonchev–Trinajstić information content (AvgIpc) is 2.92. The fraction of sp³-hybridized carbons (Fsp3) is 0.214. The molecule has 1 aromatic carbocycles. The second kappa shape index (κ2) is 6.49. The molecule has 0 fully saturated rings. The quantitative estimate of drug-likeness (QED) is 0.868. The molecule has 2 amide bonds. The van der Waals surface area contributed by atoms with E-state index in [0.717, 1.165) is 17.7 Å². The SMILES string of the molecule is COc1cccc(CCNC(=O)Nc2ccco2)c1. The highest BCUT2D eigenvalue weighted by molar-refractivity contribution is 5.87. The molecule has 0 aliphatic carbocycles. The van der Waals surface area contributed by atoms with Gasteiger partial charge in [0.05, 0.1) is 13.4 Å². The van der Waals surface area contributed by atoms with Crippen LogP contribution in [0.15, 0.2) is 47.1 Å². The van der Waals surface area contributed by atoms with Crippen LogP contribution in [0.1, 0.15) is 5.56 Å². The van der Waals surface area contributed by atoms with Gasteiger partial charge in [-0.15, -0.1) is 0 Å². The normalized spacial score (nSPS) is 9.95. The van der Waals surface area contributed by atoms with E-state index in [9.17, 15) is 4.79 Å². The van der Waals surface area contributed by atoms with Crippen LogP contribution >= 0.6 is 0 Å². The molecule has 0 saturated heterocycles. The van der Waals surface area contributed by atoms with Crippen LogP contribution in [-0.2, 0) is 6.42 Å². The minimum Gasteiger partial charge on any atom is -0.497 e. The predicted molar refractivity (Wildman–Crippen MR) is 72.4 cm³/mol. The Balaban J connectivity index is 1.75. The first-order valence-corrected chi connectivity index (χ1v) is 5.99. The van der Waals surface area contributed by atoms with Crippen molar-refractivity contribution in [2.24, 2.45) is 0 Å². The summed E-state index contributed by atoms with van der Waals surface area (Å²) in [5.41, 5.74) is 1.11. The summed E-state index contributed by atoms with van der Waals surface area (Å²) in [6.45, 7) is 0.541. The van der Waals surface area contributed by atoms with Crippen LogP contribution in [0.25, 0.3) is 0 Å². The molecule has 0 bridgehead atoms. The third-order valence-electron chi connectivity index (χ3n) is 2.59. The number of rotatable bonds is 5. The van der Waals surface area contributed by atoms with Gasteiger partial charge < -0.3 is 14.5 Å². The maximum atomic E-state index is 11.5. The highest BCUT2D eigenvalue weighted by atomic mass is 16.5. The fourth-order valence-corrected chi connectivity index (χ4v) is 1.65. The van der Waals surface area contributed by atoms with Crippen LogP contribution in [0.5, 0.6) is 5.75 Å². The lowest BCUT2D eigenvalue weighted by Crippen LogP contribution is -2.30. The van der Waals surface area contributed by atoms with Crippen LogP contribution < -0.4 is 15.4 Å². The predicted octanol–water partition coefficient (Wildman–Crippen LogP) is 2.65. The Kier molecular flexibility index (Phi) is 4.44. The summed E-state index contributed by atoms with van der Waals surface area (Å²) in [7, 11) is 1.63. The topological polar surface area (TPSA) is 63.5 Å². The lowest BCUT2D eigenvalue weighted by Gasteiger charge is -2.06. The summed E-state index contributed by atoms with van der Waals surface area (Å²) >= 11 is 0. The number of ether oxygens (including phenoxy) is 1. The largest absolute Gasteiger partial charge is 0.497 e. The Morgan fingerprint density at radius 1 is 1.32 bits per heavy atom. The summed E-state index contributed by atoms with van der Waals surface area (Å²) < 4.78 is 10.2. The number of benzene rings is 1. The Morgan fingerprint density at radius 2 is 2.21 bits per heavy atom. The molecule has 2 aromatic rings. The van der Waals surface area contributed by atoms with Crippen molar-refractivity contribution >= 4 is 11.9 Å². The Labute approximate surface area is 111 Å². The van der Waals surface area contributed by atoms with Crippen LogP contribution in [0.4, 0.5) is 10.7 Å². The van der Waals surface area contributed by atoms with Gasteiger partial charge in [-0.2, -0.15) is 0 Å². The molecule has 5 heteroatoms. The molecule has 0 unspecified atom stereocenters. The monoisotopic (exact) mass is 260 g/mol. The zero-order chi connectivity index (χ0) is 13.5. The maximum Gasteiger partial charge on any atom is 0.321 e. The van der Waals surface area contributed by atoms with Crippen LogP contribution in [0.3, 0.4) is 0 Å². The average molecular weight is 260 g/mol. The zero-order valence-electron chi connectivity index (χ0n) is 10.7. The molecule has 2 rings (SSSR count). The zero-order valence-corrected chi connectivity index (χ0v) is 10.7. The van der Waals surface area contributed by atoms with Crippen molar-refractivity contribution in [1.29, 1.82) is 0 Å². The second-order valence-corrected chi connectivity index (χ2v) is 3.96. The first-order chi connectivity index (χ1) is 9.28. The van der Waals surface area contributed by atoms with E-state index in [-0.39, 0.29) is 6.03 Å². The molecule has 1 heterocycles. The number of hydrogen-bond acceptors (Lipinski definition) is 3. The number of methoxy groups -OCH3 is 1. The number of nitrogens with one attached hydrogen (secondary N) is 2. The van der Waals surface area contributed by atoms with Gasteiger partial charge in [0, 0.05) is 12.6 Å². The highest BCUT2D eigenvalue weighted by Gasteiger charge is 2.03. The number of amides is 2. The molecule has 0 saturated carbocycles. The van der Waals surface area contributed by atoms with E-state index in [2.05, 4.69) is 10.6 Å². The van der Waals surface area contributed by atoms with Crippen molar-refractivity contribution in [3.63, 3.8) is 0 Å². The minimum absolute atomic E-state index is 0.280. The Hall–Kier alpha value is -2.43. The molecule has 0 aliphatic rings. The van der Waals surface area contributed by atoms with Crippen molar-refractivity contribution in [3.05, 3.63) is 48.2 Å². The van der Waals surface area contributed by atoms with Crippen molar-refractivity contribution in [2.45, 2.75) is 6.42 Å². The number of carbonyl (C=O) groups is 1. The van der Waals surface area contributed by atoms with E-state index >= 15 is 0 Å². The Morgan fingerprint density at radius 3 is 2.95 bits per heavy atom. The summed E-state index contributed by atoms with van der Waals surface area (Å²) in [5, 5.41) is 5.35. The number of anilines is 1. The van der Waals surface area contributed by atoms with E-state index in [4.69, 9.17) is 9.15 Å². The molecule has 5 nitrogen and oxygen atoms in total. The van der Waals surface area contributed by atoms with Gasteiger partial charge in [0.1, 0.15) is 5.75 Å². The van der Waals surface area contributed by atoms with Crippen molar-refractivity contribution in [1.82, 2.24) is 5.32 Å². The van der Waals surface area contributed by atoms with Crippen molar-refractivity contribution < 1.29 is 13.9 Å². The third-order valence-corrected chi connectivity index (χ3v) is 2.59. The Bertz CT molecular complexity index is 523. The number of carbonyl (C=O) groups excluding carboxylic acids is 1. The molecule has 0 radical (unpaired) electrons. The van der Waals surface area contributed by atoms with E-state index < -0.39 is 0 Å². The first kappa shape index (κ1) is 13.0. The van der Waals surface area contributed by atoms with Gasteiger partial charge in [-0.25, -0.2) is 4.79 Å². The lowest BCUT2D eigenvalue weighted by molar-refractivity contribution is 0.251. The smallest absolute Gasteiger partial charge is 0.321 e. The number of urea groups is 1. The minimum atomic E-state index is -0.280. The second-order valence-electron chi connectivity index (χ2n) is 3.96. The molecule has 1 aromatic heterocycles. The van der Waals surface area contributed by atoms with E-state index in [0.29, 0.717) is 12.4 Å². The van der Waals surface area contributed by atoms with Gasteiger partial charge >= 0.3 is 6.03 Å². The lowest BCUT2D eigenvalue weighted by atomic mass is 10.1. The molecule has 0 aliphatic heterocycles. The number of hydrogen-bond donors (Lipinski definition) is 2. The van der Waals surface area contributed by atoms with Gasteiger partial charge in [-0.3, -0.25) is 5.32 Å². The van der Waals surface area contributed by atoms with Gasteiger partial charge in [-0.1, -0.05) is 12.1 Å². The molecule has 0 atom stereocenters. The summed E-state index contributed by atoms with van der Waals surface area (Å²) in [6.07, 6.45) is 2.24. The van der Waals surface area contributed by atoms with E-state index in [1.54, 1.807) is 19.2 Å². The van der Waals surface area contributed by atoms with Gasteiger partial charge in [-0.05, 0) is 30.2 Å². The molecular formula is C14H16N2O3. The molecule has 2 N–H and O–H groups in total. The van der Waals surface area contributed by atoms with Crippen LogP contribution in [0.2, 0.25) is 0 Å². The number of furan rings is 1. The highest BCUT2D eigenvalue weighted by Crippen LogP contribution is 2.12. The van der Waals surface area contributed by atoms with Crippen LogP contribution in [-0.4, -0.2) is 19.7 Å². The van der Waals surface area contributed by atoms with Crippen molar-refractivity contribution in [3.8, 4) is 5.75 Å². The standard InChI is InChI=1S/C14H16N2O3/c1-18-12-5-2-4-11(10-12)7-8-15-14(17)16-13-6-3-9-19-13/h2-6,9-10H,7-8H2,1H3,(H2,15,16,17). The summed E-state index contributed by atoms with van der Waals surface area (Å²) in [6, 6.07) is 10.9. The summed E-state index contributed by atoms with van der Waals surface area (Å²) in [5.74, 6) is 1.25. The van der Waals surface area contributed by atoms with Crippen molar-refractivity contribution in [2.75, 3.05) is 19.0 Å². The molecule has 19 heavy (non-hydrogen) atoms. The van der Waals surface area contributed by atoms with E-state index in [1.165, 1.54) is 6.26 Å². The van der Waals surface area contributed by atoms with Gasteiger partial charge in [0.2, 0.25) is 5.88 Å². The first-order valence-electron chi connectivity index (χ1n) is 5.99. The van der Waals surface area contributed by atoms with Gasteiger partial charge in [0.15, 0.2) is 0 Å². The summed E-state index contributed by atoms with van der Waals surface area (Å²) in [4.78, 5) is 11.5. The van der Waals surface area contributed by atoms with Crippen LogP contribution in [0, 0.1) is 0 Å². The van der Waals surface area contributed by atoms with E-state index in [1.807, 2.05) is 24.3 Å². The maximum absolute atomic E-state index is 11.5. The molecular weight excluding hydrogens is 244 g/mol. The molecule has 100 valence electrons.